The maximum absolute atomic E-state index is 12.5. The first-order valence-corrected chi connectivity index (χ1v) is 10.7. The molecule has 0 fully saturated rings. The first-order chi connectivity index (χ1) is 15.4. The van der Waals surface area contributed by atoms with Crippen molar-refractivity contribution in [3.63, 3.8) is 0 Å². The number of H-pyrrole nitrogens is 1. The standard InChI is InChI=1S/C25H18ClN3O2S/c1-14-11-17(7-8-22(14)32)15-3-5-16(6-4-15)18-12-19-21(13-20(18)26)28-25(31)23(24(19)30)29-10-2-9-27-29/h2-13,32H,1H3,(H2,28,30,31). The van der Waals surface area contributed by atoms with Gasteiger partial charge in [0, 0.05) is 28.2 Å². The number of benzene rings is 3. The van der Waals surface area contributed by atoms with Gasteiger partial charge in [0.1, 0.15) is 0 Å². The van der Waals surface area contributed by atoms with Gasteiger partial charge in [-0.05, 0) is 53.4 Å². The summed E-state index contributed by atoms with van der Waals surface area (Å²) in [4.78, 5) is 16.3. The zero-order valence-electron chi connectivity index (χ0n) is 17.0. The molecule has 0 unspecified atom stereocenters. The first kappa shape index (κ1) is 20.4. The number of nitrogens with one attached hydrogen (secondary N) is 1. The number of hydrogen-bond donors (Lipinski definition) is 3. The van der Waals surface area contributed by atoms with Crippen LogP contribution < -0.4 is 5.56 Å². The highest BCUT2D eigenvalue weighted by Crippen LogP contribution is 2.37. The topological polar surface area (TPSA) is 70.9 Å². The maximum atomic E-state index is 12.5. The molecule has 32 heavy (non-hydrogen) atoms. The van der Waals surface area contributed by atoms with Crippen LogP contribution in [0.3, 0.4) is 0 Å². The molecule has 0 aliphatic carbocycles. The van der Waals surface area contributed by atoms with Crippen LogP contribution in [0.2, 0.25) is 5.02 Å². The fraction of sp³-hybridized carbons (Fsp3) is 0.0400. The van der Waals surface area contributed by atoms with Crippen molar-refractivity contribution in [1.29, 1.82) is 0 Å². The third-order valence-electron chi connectivity index (χ3n) is 5.51. The van der Waals surface area contributed by atoms with Crippen LogP contribution in [0.4, 0.5) is 0 Å². The Hall–Kier alpha value is -3.48. The van der Waals surface area contributed by atoms with Crippen molar-refractivity contribution in [2.24, 2.45) is 0 Å². The average Bonchev–Trinajstić information content (AvgIpc) is 3.30. The van der Waals surface area contributed by atoms with Crippen molar-refractivity contribution >= 4 is 35.1 Å². The zero-order valence-corrected chi connectivity index (χ0v) is 18.7. The van der Waals surface area contributed by atoms with Gasteiger partial charge >= 0.3 is 0 Å². The molecular formula is C25H18ClN3O2S. The second-order valence-corrected chi connectivity index (χ2v) is 8.45. The Kier molecular flexibility index (Phi) is 5.04. The number of nitrogens with zero attached hydrogens (tertiary/aromatic N) is 2. The van der Waals surface area contributed by atoms with Crippen LogP contribution in [0.25, 0.3) is 38.8 Å². The van der Waals surface area contributed by atoms with Crippen LogP contribution in [0.15, 0.2) is 82.7 Å². The summed E-state index contributed by atoms with van der Waals surface area (Å²) in [7, 11) is 0. The number of fused-ring (bicyclic) bond motifs is 1. The molecule has 158 valence electrons. The molecule has 0 saturated heterocycles. The molecule has 2 aromatic heterocycles. The molecule has 5 nitrogen and oxygen atoms in total. The summed E-state index contributed by atoms with van der Waals surface area (Å²) < 4.78 is 1.34. The van der Waals surface area contributed by atoms with Crippen molar-refractivity contribution in [3.05, 3.63) is 94.0 Å². The summed E-state index contributed by atoms with van der Waals surface area (Å²) in [5, 5.41) is 15.9. The molecule has 0 bridgehead atoms. The van der Waals surface area contributed by atoms with Crippen molar-refractivity contribution < 1.29 is 5.11 Å². The minimum absolute atomic E-state index is 0.0640. The van der Waals surface area contributed by atoms with Gasteiger partial charge in [-0.15, -0.1) is 12.6 Å². The van der Waals surface area contributed by atoms with Crippen LogP contribution in [0, 0.1) is 6.92 Å². The van der Waals surface area contributed by atoms with E-state index in [1.54, 1.807) is 30.6 Å². The summed E-state index contributed by atoms with van der Waals surface area (Å²) in [5.41, 5.74) is 5.02. The van der Waals surface area contributed by atoms with Crippen LogP contribution in [0.5, 0.6) is 5.75 Å². The van der Waals surface area contributed by atoms with E-state index in [0.29, 0.717) is 15.9 Å². The normalized spacial score (nSPS) is 11.2. The Morgan fingerprint density at radius 1 is 1.03 bits per heavy atom. The third kappa shape index (κ3) is 3.47. The number of rotatable bonds is 3. The molecule has 0 radical (unpaired) electrons. The number of hydrogen-bond acceptors (Lipinski definition) is 4. The molecule has 5 rings (SSSR count). The van der Waals surface area contributed by atoms with Crippen molar-refractivity contribution in [2.45, 2.75) is 11.8 Å². The summed E-state index contributed by atoms with van der Waals surface area (Å²) in [6, 6.07) is 19.3. The third-order valence-corrected chi connectivity index (χ3v) is 6.32. The summed E-state index contributed by atoms with van der Waals surface area (Å²) in [6.07, 6.45) is 3.15. The second kappa shape index (κ2) is 7.89. The van der Waals surface area contributed by atoms with E-state index < -0.39 is 5.56 Å². The first-order valence-electron chi connectivity index (χ1n) is 9.91. The number of aryl methyl sites for hydroxylation is 1. The highest BCUT2D eigenvalue weighted by atomic mass is 35.5. The SMILES string of the molecule is Cc1cc(-c2ccc(-c3cc4c(O)c(-n5cccn5)c(=O)[nH]c4cc3Cl)cc2)ccc1S. The van der Waals surface area contributed by atoms with Crippen LogP contribution in [-0.4, -0.2) is 19.9 Å². The van der Waals surface area contributed by atoms with E-state index in [1.165, 1.54) is 4.68 Å². The summed E-state index contributed by atoms with van der Waals surface area (Å²) in [5.74, 6) is -0.149. The van der Waals surface area contributed by atoms with Crippen molar-refractivity contribution in [2.75, 3.05) is 0 Å². The van der Waals surface area contributed by atoms with Gasteiger partial charge in [0.15, 0.2) is 11.4 Å². The van der Waals surface area contributed by atoms with Gasteiger partial charge in [0.05, 0.1) is 10.5 Å². The Bertz CT molecular complexity index is 1520. The fourth-order valence-corrected chi connectivity index (χ4v) is 4.21. The molecule has 7 heteroatoms. The van der Waals surface area contributed by atoms with E-state index in [4.69, 9.17) is 11.6 Å². The van der Waals surface area contributed by atoms with Gasteiger partial charge in [0.25, 0.3) is 5.56 Å². The lowest BCUT2D eigenvalue weighted by Crippen LogP contribution is -2.15. The number of halogens is 1. The van der Waals surface area contributed by atoms with E-state index in [1.807, 2.05) is 43.3 Å². The lowest BCUT2D eigenvalue weighted by molar-refractivity contribution is 0.475. The monoisotopic (exact) mass is 459 g/mol. The lowest BCUT2D eigenvalue weighted by atomic mass is 9.98. The van der Waals surface area contributed by atoms with Crippen molar-refractivity contribution in [1.82, 2.24) is 14.8 Å². The summed E-state index contributed by atoms with van der Waals surface area (Å²) >= 11 is 11.0. The highest BCUT2D eigenvalue weighted by molar-refractivity contribution is 7.80. The number of thiol groups is 1. The maximum Gasteiger partial charge on any atom is 0.278 e. The van der Waals surface area contributed by atoms with E-state index in [2.05, 4.69) is 28.8 Å². The average molecular weight is 460 g/mol. The minimum Gasteiger partial charge on any atom is -0.505 e. The van der Waals surface area contributed by atoms with Crippen molar-refractivity contribution in [3.8, 4) is 33.7 Å². The molecule has 3 aromatic carbocycles. The van der Waals surface area contributed by atoms with E-state index in [0.717, 1.165) is 32.7 Å². The molecule has 0 amide bonds. The fourth-order valence-electron chi connectivity index (χ4n) is 3.80. The second-order valence-electron chi connectivity index (χ2n) is 7.56. The molecule has 0 spiro atoms. The zero-order chi connectivity index (χ0) is 22.4. The molecule has 0 atom stereocenters. The van der Waals surface area contributed by atoms with Crippen LogP contribution >= 0.6 is 24.2 Å². The Balaban J connectivity index is 1.61. The number of aromatic nitrogens is 3. The summed E-state index contributed by atoms with van der Waals surface area (Å²) in [6.45, 7) is 2.03. The highest BCUT2D eigenvalue weighted by Gasteiger charge is 2.16. The number of aromatic amines is 1. The van der Waals surface area contributed by atoms with Gasteiger partial charge in [-0.3, -0.25) is 4.79 Å². The quantitative estimate of drug-likeness (QED) is 0.289. The predicted molar refractivity (Wildman–Crippen MR) is 131 cm³/mol. The predicted octanol–water partition coefficient (Wildman–Crippen LogP) is 6.00. The van der Waals surface area contributed by atoms with Gasteiger partial charge in [-0.25, -0.2) is 4.68 Å². The van der Waals surface area contributed by atoms with Gasteiger partial charge in [-0.1, -0.05) is 48.0 Å². The smallest absolute Gasteiger partial charge is 0.278 e. The molecule has 0 aliphatic heterocycles. The molecule has 0 aliphatic rings. The van der Waals surface area contributed by atoms with E-state index in [9.17, 15) is 9.90 Å². The van der Waals surface area contributed by atoms with Crippen LogP contribution in [0.1, 0.15) is 5.56 Å². The molecule has 0 saturated carbocycles. The number of aromatic hydroxyl groups is 1. The van der Waals surface area contributed by atoms with E-state index in [-0.39, 0.29) is 11.4 Å². The minimum atomic E-state index is -0.450. The Morgan fingerprint density at radius 3 is 2.44 bits per heavy atom. The number of pyridine rings is 1. The van der Waals surface area contributed by atoms with Gasteiger partial charge in [0.2, 0.25) is 0 Å². The molecular weight excluding hydrogens is 442 g/mol. The molecule has 2 heterocycles. The Labute approximate surface area is 194 Å². The molecule has 2 N–H and O–H groups in total. The molecule has 5 aromatic rings. The lowest BCUT2D eigenvalue weighted by Gasteiger charge is -2.12. The largest absolute Gasteiger partial charge is 0.505 e. The van der Waals surface area contributed by atoms with Gasteiger partial charge in [-0.2, -0.15) is 5.10 Å². The van der Waals surface area contributed by atoms with E-state index >= 15 is 0 Å². The van der Waals surface area contributed by atoms with Crippen LogP contribution in [-0.2, 0) is 0 Å². The van der Waals surface area contributed by atoms with Gasteiger partial charge < -0.3 is 10.1 Å². The Morgan fingerprint density at radius 2 is 1.75 bits per heavy atom.